The predicted molar refractivity (Wildman–Crippen MR) is 186 cm³/mol. The van der Waals surface area contributed by atoms with Crippen molar-refractivity contribution in [2.75, 3.05) is 0 Å². The average Bonchev–Trinajstić information content (AvgIpc) is 3.49. The van der Waals surface area contributed by atoms with Crippen LogP contribution in [0, 0.1) is 0 Å². The summed E-state index contributed by atoms with van der Waals surface area (Å²) in [5, 5.41) is 9.63. The van der Waals surface area contributed by atoms with Gasteiger partial charge in [-0.05, 0) is 69.1 Å². The summed E-state index contributed by atoms with van der Waals surface area (Å²) in [4.78, 5) is 0. The van der Waals surface area contributed by atoms with Crippen molar-refractivity contribution < 1.29 is 4.42 Å². The Kier molecular flexibility index (Phi) is 5.54. The lowest BCUT2D eigenvalue weighted by Crippen LogP contribution is -1.97. The van der Waals surface area contributed by atoms with E-state index in [1.807, 2.05) is 12.1 Å². The Morgan fingerprint density at radius 3 is 1.39 bits per heavy atom. The van der Waals surface area contributed by atoms with E-state index in [0.717, 1.165) is 44.2 Å². The highest BCUT2D eigenvalue weighted by Gasteiger charge is 2.14. The monoisotopic (exact) mass is 561 g/mol. The molecule has 2 heteroatoms. The zero-order valence-electron chi connectivity index (χ0n) is 23.9. The molecule has 2 nitrogen and oxygen atoms in total. The van der Waals surface area contributed by atoms with Crippen LogP contribution in [0.1, 0.15) is 0 Å². The van der Waals surface area contributed by atoms with Crippen LogP contribution in [0.2, 0.25) is 0 Å². The summed E-state index contributed by atoms with van der Waals surface area (Å²) < 4.78 is 8.62. The molecule has 7 aromatic carbocycles. The maximum absolute atomic E-state index is 6.20. The molecule has 0 saturated heterocycles. The standard InChI is InChI=1S/C42H27NO/c1-3-14-33-31(12-1)32-13-2-4-15-34(32)36-17-6-9-21-39(36)43(38-20-8-5-16-35(33)38)29-26-24-28(25-27-29)30-19-11-23-41-42(30)37-18-7-10-22-40(37)44-41/h1-27H. The zero-order valence-corrected chi connectivity index (χ0v) is 23.9. The molecule has 0 radical (unpaired) electrons. The van der Waals surface area contributed by atoms with Crippen molar-refractivity contribution in [2.24, 2.45) is 0 Å². The lowest BCUT2D eigenvalue weighted by atomic mass is 9.99. The highest BCUT2D eigenvalue weighted by Crippen LogP contribution is 2.38. The van der Waals surface area contributed by atoms with E-state index < -0.39 is 0 Å². The summed E-state index contributed by atoms with van der Waals surface area (Å²) in [6.07, 6.45) is 0. The topological polar surface area (TPSA) is 18.1 Å². The maximum Gasteiger partial charge on any atom is 0.136 e. The van der Waals surface area contributed by atoms with Crippen LogP contribution in [0.3, 0.4) is 0 Å². The van der Waals surface area contributed by atoms with Crippen molar-refractivity contribution in [1.82, 2.24) is 4.57 Å². The lowest BCUT2D eigenvalue weighted by molar-refractivity contribution is 0.669. The van der Waals surface area contributed by atoms with E-state index in [1.54, 1.807) is 0 Å². The van der Waals surface area contributed by atoms with Gasteiger partial charge in [-0.1, -0.05) is 127 Å². The van der Waals surface area contributed by atoms with Gasteiger partial charge in [-0.25, -0.2) is 0 Å². The SMILES string of the molecule is c1ccc2c(c1)oc1cccc(-c3ccc(-n4c5ccccc5c5ccccc5c5ccccc5c5ccccc54)cc3)c12. The Labute approximate surface area is 254 Å². The van der Waals surface area contributed by atoms with E-state index in [1.165, 1.54) is 37.9 Å². The normalized spacial score (nSPS) is 11.6. The number of hydrogen-bond acceptors (Lipinski definition) is 1. The summed E-state index contributed by atoms with van der Waals surface area (Å²) in [5.74, 6) is 0. The van der Waals surface area contributed by atoms with Gasteiger partial charge in [-0.2, -0.15) is 0 Å². The van der Waals surface area contributed by atoms with E-state index in [4.69, 9.17) is 4.42 Å². The van der Waals surface area contributed by atoms with Crippen LogP contribution in [-0.4, -0.2) is 4.57 Å². The predicted octanol–water partition coefficient (Wildman–Crippen LogP) is 11.8. The molecule has 44 heavy (non-hydrogen) atoms. The van der Waals surface area contributed by atoms with E-state index in [-0.39, 0.29) is 0 Å². The molecule has 0 amide bonds. The fourth-order valence-electron chi connectivity index (χ4n) is 6.91. The molecular weight excluding hydrogens is 534 g/mol. The van der Waals surface area contributed by atoms with Crippen molar-refractivity contribution in [3.05, 3.63) is 164 Å². The lowest BCUT2D eigenvalue weighted by Gasteiger charge is -2.14. The summed E-state index contributed by atoms with van der Waals surface area (Å²) >= 11 is 0. The molecule has 2 heterocycles. The van der Waals surface area contributed by atoms with Gasteiger partial charge in [0, 0.05) is 27.2 Å². The molecule has 9 rings (SSSR count). The van der Waals surface area contributed by atoms with Crippen LogP contribution in [0.15, 0.2) is 168 Å². The molecule has 0 unspecified atom stereocenters. The van der Waals surface area contributed by atoms with Crippen LogP contribution in [0.4, 0.5) is 0 Å². The number of hydrogen-bond donors (Lipinski definition) is 0. The number of para-hydroxylation sites is 3. The molecule has 206 valence electrons. The molecule has 0 bridgehead atoms. The highest BCUT2D eigenvalue weighted by molar-refractivity contribution is 6.19. The Bertz CT molecular complexity index is 2500. The minimum atomic E-state index is 0.910. The molecule has 0 aliphatic heterocycles. The fourth-order valence-corrected chi connectivity index (χ4v) is 6.91. The number of benzene rings is 7. The van der Waals surface area contributed by atoms with E-state index >= 15 is 0 Å². The third-order valence-electron chi connectivity index (χ3n) is 8.85. The first-order valence-corrected chi connectivity index (χ1v) is 15.0. The first-order valence-electron chi connectivity index (χ1n) is 15.0. The fraction of sp³-hybridized carbons (Fsp3) is 0. The number of furan rings is 1. The van der Waals surface area contributed by atoms with Gasteiger partial charge >= 0.3 is 0 Å². The molecule has 0 fully saturated rings. The zero-order chi connectivity index (χ0) is 29.0. The molecule has 0 atom stereocenters. The van der Waals surface area contributed by atoms with Gasteiger partial charge in [0.2, 0.25) is 0 Å². The first kappa shape index (κ1) is 24.7. The number of nitrogens with zero attached hydrogens (tertiary/aromatic N) is 1. The van der Waals surface area contributed by atoms with Gasteiger partial charge in [0.05, 0.1) is 11.0 Å². The van der Waals surface area contributed by atoms with Gasteiger partial charge in [0.15, 0.2) is 0 Å². The Balaban J connectivity index is 1.39. The van der Waals surface area contributed by atoms with Crippen LogP contribution in [0.5, 0.6) is 0 Å². The minimum absolute atomic E-state index is 0.910. The summed E-state index contributed by atoms with van der Waals surface area (Å²) in [6, 6.07) is 58.7. The Morgan fingerprint density at radius 2 is 0.795 bits per heavy atom. The van der Waals surface area contributed by atoms with Gasteiger partial charge in [-0.15, -0.1) is 0 Å². The Hall–Kier alpha value is -5.86. The third-order valence-corrected chi connectivity index (χ3v) is 8.85. The van der Waals surface area contributed by atoms with Crippen LogP contribution in [0.25, 0.3) is 82.1 Å². The number of aromatic nitrogens is 1. The molecule has 2 aromatic heterocycles. The largest absolute Gasteiger partial charge is 0.456 e. The summed E-state index contributed by atoms with van der Waals surface area (Å²) in [5.41, 5.74) is 7.56. The second-order valence-corrected chi connectivity index (χ2v) is 11.3. The second kappa shape index (κ2) is 9.86. The molecular formula is C42H27NO. The highest BCUT2D eigenvalue weighted by atomic mass is 16.3. The maximum atomic E-state index is 6.20. The van der Waals surface area contributed by atoms with E-state index in [2.05, 4.69) is 156 Å². The Morgan fingerprint density at radius 1 is 0.341 bits per heavy atom. The summed E-state index contributed by atoms with van der Waals surface area (Å²) in [7, 11) is 0. The molecule has 0 N–H and O–H groups in total. The summed E-state index contributed by atoms with van der Waals surface area (Å²) in [6.45, 7) is 0. The van der Waals surface area contributed by atoms with Crippen LogP contribution >= 0.6 is 0 Å². The second-order valence-electron chi connectivity index (χ2n) is 11.3. The quantitative estimate of drug-likeness (QED) is 0.205. The number of rotatable bonds is 2. The molecule has 0 spiro atoms. The third kappa shape index (κ3) is 3.75. The van der Waals surface area contributed by atoms with Crippen molar-refractivity contribution in [2.45, 2.75) is 0 Å². The minimum Gasteiger partial charge on any atom is -0.456 e. The molecule has 0 saturated carbocycles. The van der Waals surface area contributed by atoms with Gasteiger partial charge in [-0.3, -0.25) is 0 Å². The van der Waals surface area contributed by atoms with Crippen LogP contribution < -0.4 is 0 Å². The smallest absolute Gasteiger partial charge is 0.136 e. The van der Waals surface area contributed by atoms with Crippen molar-refractivity contribution in [3.8, 4) is 16.8 Å². The van der Waals surface area contributed by atoms with Crippen LogP contribution in [-0.2, 0) is 0 Å². The van der Waals surface area contributed by atoms with E-state index in [0.29, 0.717) is 0 Å². The first-order chi connectivity index (χ1) is 21.8. The van der Waals surface area contributed by atoms with Crippen molar-refractivity contribution in [3.63, 3.8) is 0 Å². The average molecular weight is 562 g/mol. The number of fused-ring (bicyclic) bond motifs is 10. The molecule has 0 aliphatic carbocycles. The van der Waals surface area contributed by atoms with Gasteiger partial charge in [0.25, 0.3) is 0 Å². The molecule has 9 aromatic rings. The molecule has 0 aliphatic rings. The van der Waals surface area contributed by atoms with Gasteiger partial charge in [0.1, 0.15) is 11.2 Å². The van der Waals surface area contributed by atoms with Crippen molar-refractivity contribution >= 4 is 65.3 Å². The van der Waals surface area contributed by atoms with E-state index in [9.17, 15) is 0 Å². The van der Waals surface area contributed by atoms with Crippen molar-refractivity contribution in [1.29, 1.82) is 0 Å². The van der Waals surface area contributed by atoms with Gasteiger partial charge < -0.3 is 8.98 Å².